The van der Waals surface area contributed by atoms with E-state index in [1.54, 1.807) is 7.11 Å². The Morgan fingerprint density at radius 2 is 2.40 bits per heavy atom. The van der Waals surface area contributed by atoms with Crippen LogP contribution >= 0.6 is 11.3 Å². The fourth-order valence-corrected chi connectivity index (χ4v) is 1.69. The molecule has 0 bridgehead atoms. The van der Waals surface area contributed by atoms with E-state index in [1.165, 1.54) is 18.4 Å². The zero-order chi connectivity index (χ0) is 11.1. The average molecular weight is 230 g/mol. The summed E-state index contributed by atoms with van der Waals surface area (Å²) in [5, 5.41) is 5.72. The van der Waals surface area contributed by atoms with Crippen molar-refractivity contribution in [3.05, 3.63) is 11.1 Å². The van der Waals surface area contributed by atoms with E-state index < -0.39 is 0 Å². The summed E-state index contributed by atoms with van der Waals surface area (Å²) in [6, 6.07) is 0. The molecule has 6 heteroatoms. The minimum atomic E-state index is -0.274. The third-order valence-corrected chi connectivity index (χ3v) is 2.54. The maximum atomic E-state index is 11.0. The molecular weight excluding hydrogens is 216 g/mol. The van der Waals surface area contributed by atoms with Crippen LogP contribution in [-0.2, 0) is 20.7 Å². The van der Waals surface area contributed by atoms with E-state index in [0.29, 0.717) is 13.2 Å². The van der Waals surface area contributed by atoms with E-state index >= 15 is 0 Å². The first kappa shape index (κ1) is 11.9. The van der Waals surface area contributed by atoms with E-state index in [2.05, 4.69) is 15.0 Å². The Balaban J connectivity index is 2.38. The molecule has 1 aromatic rings. The van der Waals surface area contributed by atoms with Crippen molar-refractivity contribution < 1.29 is 14.3 Å². The molecule has 0 amide bonds. The minimum Gasteiger partial charge on any atom is -0.469 e. The van der Waals surface area contributed by atoms with Crippen LogP contribution in [0, 0.1) is 0 Å². The summed E-state index contributed by atoms with van der Waals surface area (Å²) >= 11 is 1.47. The van der Waals surface area contributed by atoms with Crippen molar-refractivity contribution in [2.45, 2.75) is 6.42 Å². The molecule has 0 atom stereocenters. The minimum absolute atomic E-state index is 0.221. The molecule has 1 N–H and O–H groups in total. The van der Waals surface area contributed by atoms with Crippen molar-refractivity contribution in [1.29, 1.82) is 0 Å². The predicted octanol–water partition coefficient (Wildman–Crippen LogP) is 0.917. The van der Waals surface area contributed by atoms with E-state index in [-0.39, 0.29) is 12.4 Å². The number of hydrogen-bond donors (Lipinski definition) is 1. The Bertz CT molecular complexity index is 314. The van der Waals surface area contributed by atoms with Gasteiger partial charge in [-0.25, -0.2) is 4.98 Å². The van der Waals surface area contributed by atoms with Gasteiger partial charge in [-0.15, -0.1) is 11.3 Å². The van der Waals surface area contributed by atoms with Gasteiger partial charge in [0.25, 0.3) is 0 Å². The van der Waals surface area contributed by atoms with Crippen LogP contribution in [0.2, 0.25) is 0 Å². The summed E-state index contributed by atoms with van der Waals surface area (Å²) in [7, 11) is 3.01. The van der Waals surface area contributed by atoms with E-state index in [1.807, 2.05) is 5.38 Å². The maximum absolute atomic E-state index is 11.0. The quantitative estimate of drug-likeness (QED) is 0.581. The molecule has 5 nitrogen and oxygen atoms in total. The van der Waals surface area contributed by atoms with E-state index in [4.69, 9.17) is 4.74 Å². The van der Waals surface area contributed by atoms with Gasteiger partial charge in [0.15, 0.2) is 5.13 Å². The number of rotatable bonds is 6. The van der Waals surface area contributed by atoms with Gasteiger partial charge >= 0.3 is 5.97 Å². The Labute approximate surface area is 92.4 Å². The van der Waals surface area contributed by atoms with Crippen molar-refractivity contribution in [3.63, 3.8) is 0 Å². The Hall–Kier alpha value is -1.14. The number of thiazole rings is 1. The normalized spacial score (nSPS) is 10.0. The molecule has 0 aromatic carbocycles. The number of hydrogen-bond acceptors (Lipinski definition) is 6. The standard InChI is InChI=1S/C9H14N2O3S/c1-13-4-3-10-9-11-7(6-15-9)5-8(12)14-2/h6H,3-5H2,1-2H3,(H,10,11). The number of methoxy groups -OCH3 is 2. The fourth-order valence-electron chi connectivity index (χ4n) is 0.949. The Morgan fingerprint density at radius 3 is 3.07 bits per heavy atom. The fraction of sp³-hybridized carbons (Fsp3) is 0.556. The second kappa shape index (κ2) is 6.36. The van der Waals surface area contributed by atoms with Gasteiger partial charge < -0.3 is 14.8 Å². The van der Waals surface area contributed by atoms with Gasteiger partial charge in [0.05, 0.1) is 25.8 Å². The van der Waals surface area contributed by atoms with Gasteiger partial charge in [-0.3, -0.25) is 4.79 Å². The molecule has 1 rings (SSSR count). The average Bonchev–Trinajstić information content (AvgIpc) is 2.66. The zero-order valence-corrected chi connectivity index (χ0v) is 9.60. The van der Waals surface area contributed by atoms with Crippen LogP contribution in [0.5, 0.6) is 0 Å². The lowest BCUT2D eigenvalue weighted by atomic mass is 10.3. The highest BCUT2D eigenvalue weighted by molar-refractivity contribution is 7.13. The van der Waals surface area contributed by atoms with Gasteiger partial charge in [-0.05, 0) is 0 Å². The molecule has 1 aromatic heterocycles. The van der Waals surface area contributed by atoms with Gasteiger partial charge in [-0.2, -0.15) is 0 Å². The summed E-state index contributed by atoms with van der Waals surface area (Å²) in [6.45, 7) is 1.34. The molecule has 0 aliphatic rings. The number of carbonyl (C=O) groups is 1. The molecule has 0 saturated carbocycles. The lowest BCUT2D eigenvalue weighted by molar-refractivity contribution is -0.139. The molecule has 0 fully saturated rings. The van der Waals surface area contributed by atoms with Gasteiger partial charge in [-0.1, -0.05) is 0 Å². The molecule has 0 saturated heterocycles. The molecule has 15 heavy (non-hydrogen) atoms. The zero-order valence-electron chi connectivity index (χ0n) is 8.78. The van der Waals surface area contributed by atoms with Crippen molar-refractivity contribution in [2.24, 2.45) is 0 Å². The van der Waals surface area contributed by atoms with Gasteiger partial charge in [0, 0.05) is 19.0 Å². The number of aromatic nitrogens is 1. The van der Waals surface area contributed by atoms with Crippen LogP contribution in [-0.4, -0.2) is 38.3 Å². The summed E-state index contributed by atoms with van der Waals surface area (Å²) in [4.78, 5) is 15.2. The molecule has 1 heterocycles. The van der Waals surface area contributed by atoms with Crippen LogP contribution in [0.3, 0.4) is 0 Å². The summed E-state index contributed by atoms with van der Waals surface area (Å²) < 4.78 is 9.44. The second-order valence-electron chi connectivity index (χ2n) is 2.82. The summed E-state index contributed by atoms with van der Waals surface area (Å²) in [6.07, 6.45) is 0.221. The number of anilines is 1. The largest absolute Gasteiger partial charge is 0.469 e. The highest BCUT2D eigenvalue weighted by Crippen LogP contribution is 2.15. The van der Waals surface area contributed by atoms with Crippen LogP contribution in [0.1, 0.15) is 5.69 Å². The Morgan fingerprint density at radius 1 is 1.60 bits per heavy atom. The van der Waals surface area contributed by atoms with Crippen LogP contribution in [0.15, 0.2) is 5.38 Å². The second-order valence-corrected chi connectivity index (χ2v) is 3.67. The third-order valence-electron chi connectivity index (χ3n) is 1.69. The molecular formula is C9H14N2O3S. The first-order chi connectivity index (χ1) is 7.26. The predicted molar refractivity (Wildman–Crippen MR) is 58.2 cm³/mol. The third kappa shape index (κ3) is 4.26. The first-order valence-electron chi connectivity index (χ1n) is 4.50. The number of esters is 1. The monoisotopic (exact) mass is 230 g/mol. The lowest BCUT2D eigenvalue weighted by Gasteiger charge is -1.99. The SMILES string of the molecule is COCCNc1nc(CC(=O)OC)cs1. The number of carbonyl (C=O) groups excluding carboxylic acids is 1. The van der Waals surface area contributed by atoms with Crippen LogP contribution < -0.4 is 5.32 Å². The number of ether oxygens (including phenoxy) is 2. The van der Waals surface area contributed by atoms with Crippen LogP contribution in [0.4, 0.5) is 5.13 Å². The smallest absolute Gasteiger partial charge is 0.311 e. The van der Waals surface area contributed by atoms with Gasteiger partial charge in [0.1, 0.15) is 0 Å². The summed E-state index contributed by atoms with van der Waals surface area (Å²) in [5.41, 5.74) is 0.728. The highest BCUT2D eigenvalue weighted by Gasteiger charge is 2.06. The first-order valence-corrected chi connectivity index (χ1v) is 5.38. The highest BCUT2D eigenvalue weighted by atomic mass is 32.1. The maximum Gasteiger partial charge on any atom is 0.311 e. The van der Waals surface area contributed by atoms with E-state index in [9.17, 15) is 4.79 Å². The number of nitrogens with zero attached hydrogens (tertiary/aromatic N) is 1. The topological polar surface area (TPSA) is 60.5 Å². The molecule has 0 spiro atoms. The van der Waals surface area contributed by atoms with Crippen LogP contribution in [0.25, 0.3) is 0 Å². The molecule has 0 unspecified atom stereocenters. The molecule has 0 radical (unpaired) electrons. The molecule has 0 aliphatic heterocycles. The van der Waals surface area contributed by atoms with E-state index in [0.717, 1.165) is 10.8 Å². The summed E-state index contributed by atoms with van der Waals surface area (Å²) in [5.74, 6) is -0.274. The van der Waals surface area contributed by atoms with Crippen molar-refractivity contribution in [3.8, 4) is 0 Å². The number of nitrogens with one attached hydrogen (secondary N) is 1. The molecule has 84 valence electrons. The van der Waals surface area contributed by atoms with Gasteiger partial charge in [0.2, 0.25) is 0 Å². The molecule has 0 aliphatic carbocycles. The van der Waals surface area contributed by atoms with Crippen molar-refractivity contribution >= 4 is 22.4 Å². The lowest BCUT2D eigenvalue weighted by Crippen LogP contribution is -2.08. The van der Waals surface area contributed by atoms with Crippen molar-refractivity contribution in [2.75, 3.05) is 32.7 Å². The Kier molecular flexibility index (Phi) is 5.06. The van der Waals surface area contributed by atoms with Crippen molar-refractivity contribution in [1.82, 2.24) is 4.98 Å².